The first-order valence-corrected chi connectivity index (χ1v) is 8.51. The quantitative estimate of drug-likeness (QED) is 0.352. The molecule has 0 saturated carbocycles. The van der Waals surface area contributed by atoms with Crippen LogP contribution < -0.4 is 11.2 Å². The number of benzene rings is 2. The number of sulfonamides is 1. The third kappa shape index (κ3) is 3.95. The van der Waals surface area contributed by atoms with Crippen molar-refractivity contribution in [2.45, 2.75) is 4.90 Å². The van der Waals surface area contributed by atoms with Crippen molar-refractivity contribution < 1.29 is 18.0 Å². The molecule has 0 unspecified atom stereocenters. The summed E-state index contributed by atoms with van der Waals surface area (Å²) in [6.07, 6.45) is 0. The normalized spacial score (nSPS) is 10.9. The molecule has 0 fully saturated rings. The Balaban J connectivity index is 2.18. The first-order valence-electron chi connectivity index (χ1n) is 6.28. The summed E-state index contributed by atoms with van der Waals surface area (Å²) >= 11 is 3.17. The maximum Gasteiger partial charge on any atom is 0.340 e. The van der Waals surface area contributed by atoms with Gasteiger partial charge < -0.3 is 5.32 Å². The molecule has 0 aliphatic heterocycles. The molecule has 0 saturated heterocycles. The Morgan fingerprint density at radius 1 is 1.00 bits per heavy atom. The molecule has 7 nitrogen and oxygen atoms in total. The van der Waals surface area contributed by atoms with Crippen LogP contribution in [0, 0.1) is 0 Å². The molecular weight excluding hydrogens is 386 g/mol. The van der Waals surface area contributed by atoms with Crippen LogP contribution in [0.4, 0.5) is 5.69 Å². The zero-order valence-corrected chi connectivity index (χ0v) is 14.0. The van der Waals surface area contributed by atoms with Gasteiger partial charge in [0, 0.05) is 10.2 Å². The summed E-state index contributed by atoms with van der Waals surface area (Å²) < 4.78 is 25.0. The molecular formula is C14H12BrN3O4S. The van der Waals surface area contributed by atoms with E-state index in [-0.39, 0.29) is 9.31 Å². The van der Waals surface area contributed by atoms with Crippen LogP contribution in [0.1, 0.15) is 0 Å². The van der Waals surface area contributed by atoms with Gasteiger partial charge >= 0.3 is 11.8 Å². The number of nitrogens with one attached hydrogen (secondary N) is 1. The van der Waals surface area contributed by atoms with Crippen molar-refractivity contribution >= 4 is 43.5 Å². The third-order valence-electron chi connectivity index (χ3n) is 2.80. The summed E-state index contributed by atoms with van der Waals surface area (Å²) in [4.78, 5) is 23.6. The van der Waals surface area contributed by atoms with E-state index in [0.717, 1.165) is 0 Å². The Kier molecular flexibility index (Phi) is 5.14. The number of para-hydroxylation sites is 1. The van der Waals surface area contributed by atoms with Crippen molar-refractivity contribution in [1.29, 1.82) is 0 Å². The molecule has 2 aromatic rings. The summed E-state index contributed by atoms with van der Waals surface area (Å²) in [5.41, 5.74) is 0.347. The lowest BCUT2D eigenvalue weighted by atomic mass is 10.3. The van der Waals surface area contributed by atoms with Gasteiger partial charge in [-0.25, -0.2) is 5.84 Å². The second kappa shape index (κ2) is 6.90. The highest BCUT2D eigenvalue weighted by molar-refractivity contribution is 9.10. The van der Waals surface area contributed by atoms with Gasteiger partial charge in [-0.3, -0.25) is 9.59 Å². The van der Waals surface area contributed by atoms with E-state index in [2.05, 4.69) is 21.2 Å². The topological polar surface area (TPSA) is 110 Å². The molecule has 0 heterocycles. The summed E-state index contributed by atoms with van der Waals surface area (Å²) in [6.45, 7) is 0. The fourth-order valence-corrected chi connectivity index (χ4v) is 2.91. The molecule has 0 aliphatic carbocycles. The van der Waals surface area contributed by atoms with E-state index in [9.17, 15) is 18.0 Å². The molecule has 120 valence electrons. The molecule has 2 amide bonds. The van der Waals surface area contributed by atoms with Crippen LogP contribution in [0.25, 0.3) is 0 Å². The van der Waals surface area contributed by atoms with Gasteiger partial charge in [0.25, 0.3) is 10.0 Å². The van der Waals surface area contributed by atoms with E-state index < -0.39 is 21.8 Å². The minimum atomic E-state index is -4.31. The van der Waals surface area contributed by atoms with Crippen molar-refractivity contribution in [3.63, 3.8) is 0 Å². The van der Waals surface area contributed by atoms with Gasteiger partial charge in [0.15, 0.2) is 0 Å². The number of nitrogens with zero attached hydrogens (tertiary/aromatic N) is 1. The smallest absolute Gasteiger partial charge is 0.318 e. The minimum absolute atomic E-state index is 0.0749. The predicted molar refractivity (Wildman–Crippen MR) is 87.4 cm³/mol. The largest absolute Gasteiger partial charge is 0.340 e. The lowest BCUT2D eigenvalue weighted by Gasteiger charge is -2.16. The minimum Gasteiger partial charge on any atom is -0.318 e. The van der Waals surface area contributed by atoms with Crippen LogP contribution in [0.5, 0.6) is 0 Å². The number of hydrogen-bond acceptors (Lipinski definition) is 5. The Morgan fingerprint density at radius 2 is 1.57 bits per heavy atom. The molecule has 2 aromatic carbocycles. The van der Waals surface area contributed by atoms with Gasteiger partial charge in [0.05, 0.1) is 4.90 Å². The van der Waals surface area contributed by atoms with E-state index in [1.54, 1.807) is 30.3 Å². The summed E-state index contributed by atoms with van der Waals surface area (Å²) in [7, 11) is -4.31. The molecule has 23 heavy (non-hydrogen) atoms. The number of hydrazine groups is 1. The van der Waals surface area contributed by atoms with Crippen molar-refractivity contribution in [3.05, 3.63) is 59.1 Å². The van der Waals surface area contributed by atoms with Crippen LogP contribution in [-0.4, -0.2) is 24.6 Å². The highest BCUT2D eigenvalue weighted by Gasteiger charge is 2.31. The Morgan fingerprint density at radius 3 is 2.13 bits per heavy atom. The second-order valence-corrected chi connectivity index (χ2v) is 7.11. The maximum absolute atomic E-state index is 12.2. The number of halogens is 1. The van der Waals surface area contributed by atoms with Crippen molar-refractivity contribution in [1.82, 2.24) is 4.41 Å². The zero-order valence-electron chi connectivity index (χ0n) is 11.6. The van der Waals surface area contributed by atoms with Gasteiger partial charge in [-0.2, -0.15) is 12.8 Å². The van der Waals surface area contributed by atoms with Crippen molar-refractivity contribution in [3.8, 4) is 0 Å². The van der Waals surface area contributed by atoms with Crippen LogP contribution in [0.3, 0.4) is 0 Å². The van der Waals surface area contributed by atoms with Crippen LogP contribution in [0.15, 0.2) is 64.0 Å². The fourth-order valence-electron chi connectivity index (χ4n) is 1.64. The highest BCUT2D eigenvalue weighted by atomic mass is 79.9. The summed E-state index contributed by atoms with van der Waals surface area (Å²) in [6, 6.07) is 13.6. The van der Waals surface area contributed by atoms with E-state index >= 15 is 0 Å². The van der Waals surface area contributed by atoms with Gasteiger partial charge in [0.1, 0.15) is 0 Å². The first-order chi connectivity index (χ1) is 10.8. The molecule has 0 atom stereocenters. The molecule has 0 radical (unpaired) electrons. The standard InChI is InChI=1S/C14H12BrN3O4S/c15-10-6-8-12(9-7-10)23(21,22)18(16)14(20)13(19)17-11-4-2-1-3-5-11/h1-9H,16H2,(H,17,19). The van der Waals surface area contributed by atoms with Crippen LogP contribution in [0.2, 0.25) is 0 Å². The average molecular weight is 398 g/mol. The van der Waals surface area contributed by atoms with E-state index in [4.69, 9.17) is 5.84 Å². The summed E-state index contributed by atoms with van der Waals surface area (Å²) in [5.74, 6) is 2.80. The van der Waals surface area contributed by atoms with Crippen LogP contribution >= 0.6 is 15.9 Å². The van der Waals surface area contributed by atoms with Gasteiger partial charge in [-0.05, 0) is 36.4 Å². The van der Waals surface area contributed by atoms with Gasteiger partial charge in [0.2, 0.25) is 0 Å². The SMILES string of the molecule is NN(C(=O)C(=O)Nc1ccccc1)S(=O)(=O)c1ccc(Br)cc1. The fraction of sp³-hybridized carbons (Fsp3) is 0. The Labute approximate surface area is 141 Å². The zero-order chi connectivity index (χ0) is 17.0. The Bertz CT molecular complexity index is 823. The molecule has 0 aliphatic rings. The molecule has 0 spiro atoms. The van der Waals surface area contributed by atoms with E-state index in [1.165, 1.54) is 24.3 Å². The van der Waals surface area contributed by atoms with Gasteiger partial charge in [-0.15, -0.1) is 0 Å². The second-order valence-electron chi connectivity index (χ2n) is 4.38. The van der Waals surface area contributed by atoms with E-state index in [0.29, 0.717) is 10.2 Å². The number of carbonyl (C=O) groups is 2. The Hall–Kier alpha value is -2.23. The van der Waals surface area contributed by atoms with Crippen molar-refractivity contribution in [2.75, 3.05) is 5.32 Å². The first kappa shape index (κ1) is 17.1. The molecule has 0 bridgehead atoms. The number of hydrogen-bond donors (Lipinski definition) is 2. The molecule has 2 rings (SSSR count). The lowest BCUT2D eigenvalue weighted by Crippen LogP contribution is -2.47. The lowest BCUT2D eigenvalue weighted by molar-refractivity contribution is -0.140. The number of rotatable bonds is 3. The monoisotopic (exact) mass is 397 g/mol. The highest BCUT2D eigenvalue weighted by Crippen LogP contribution is 2.17. The van der Waals surface area contributed by atoms with Gasteiger partial charge in [-0.1, -0.05) is 34.1 Å². The molecule has 0 aromatic heterocycles. The number of carbonyl (C=O) groups excluding carboxylic acids is 2. The maximum atomic E-state index is 12.2. The number of nitrogens with two attached hydrogens (primary N) is 1. The molecule has 9 heteroatoms. The molecule has 3 N–H and O–H groups in total. The van der Waals surface area contributed by atoms with Crippen LogP contribution in [-0.2, 0) is 19.6 Å². The number of anilines is 1. The third-order valence-corrected chi connectivity index (χ3v) is 4.88. The number of amides is 2. The predicted octanol–water partition coefficient (Wildman–Crippen LogP) is 1.48. The average Bonchev–Trinajstić information content (AvgIpc) is 2.54. The van der Waals surface area contributed by atoms with E-state index in [1.807, 2.05) is 0 Å². The summed E-state index contributed by atoms with van der Waals surface area (Å²) in [5, 5.41) is 2.27. The van der Waals surface area contributed by atoms with Crippen molar-refractivity contribution in [2.24, 2.45) is 5.84 Å².